The Morgan fingerprint density at radius 2 is 2.00 bits per heavy atom. The van der Waals surface area contributed by atoms with E-state index in [0.29, 0.717) is 16.7 Å². The Morgan fingerprint density at radius 1 is 1.17 bits per heavy atom. The number of aromatic nitrogens is 2. The fourth-order valence-corrected chi connectivity index (χ4v) is 2.65. The smallest absolute Gasteiger partial charge is 0.140 e. The van der Waals surface area contributed by atoms with E-state index in [9.17, 15) is 4.39 Å². The van der Waals surface area contributed by atoms with Crippen molar-refractivity contribution in [2.24, 2.45) is 0 Å². The number of ether oxygens (including phenoxy) is 1. The molecule has 1 N–H and O–H groups in total. The molecule has 0 bridgehead atoms. The Kier molecular flexibility index (Phi) is 4.10. The number of halogens is 1. The first kappa shape index (κ1) is 15.2. The molecule has 0 spiro atoms. The number of hydrogen-bond acceptors (Lipinski definition) is 4. The summed E-state index contributed by atoms with van der Waals surface area (Å²) in [5, 5.41) is 3.67. The zero-order chi connectivity index (χ0) is 16.4. The van der Waals surface area contributed by atoms with E-state index >= 15 is 0 Å². The molecule has 1 unspecified atom stereocenters. The summed E-state index contributed by atoms with van der Waals surface area (Å²) in [6.07, 6.45) is 1.43. The van der Waals surface area contributed by atoms with Gasteiger partial charge in [-0.25, -0.2) is 14.4 Å². The van der Waals surface area contributed by atoms with E-state index < -0.39 is 0 Å². The summed E-state index contributed by atoms with van der Waals surface area (Å²) < 4.78 is 19.6. The molecule has 23 heavy (non-hydrogen) atoms. The molecule has 3 rings (SSSR count). The standard InChI is InChI=1S/C18H18FN3O/c1-11-7-8-16(23-3)13(9-11)12(2)22-18-17-14(19)5-4-6-15(17)20-10-21-18/h4-10,12H,1-3H3,(H,20,21,22). The summed E-state index contributed by atoms with van der Waals surface area (Å²) in [5.74, 6) is 0.924. The maximum absolute atomic E-state index is 14.2. The highest BCUT2D eigenvalue weighted by Gasteiger charge is 2.15. The van der Waals surface area contributed by atoms with Gasteiger partial charge in [0.2, 0.25) is 0 Å². The molecule has 0 fully saturated rings. The van der Waals surface area contributed by atoms with Gasteiger partial charge in [0.25, 0.3) is 0 Å². The summed E-state index contributed by atoms with van der Waals surface area (Å²) in [7, 11) is 1.64. The average Bonchev–Trinajstić information content (AvgIpc) is 2.55. The third-order valence-electron chi connectivity index (χ3n) is 3.82. The lowest BCUT2D eigenvalue weighted by Gasteiger charge is -2.19. The number of nitrogens with zero attached hydrogens (tertiary/aromatic N) is 2. The Labute approximate surface area is 134 Å². The zero-order valence-electron chi connectivity index (χ0n) is 13.3. The number of aryl methyl sites for hydroxylation is 1. The topological polar surface area (TPSA) is 47.0 Å². The molecule has 3 aromatic rings. The van der Waals surface area contributed by atoms with Crippen LogP contribution in [-0.4, -0.2) is 17.1 Å². The minimum Gasteiger partial charge on any atom is -0.496 e. The van der Waals surface area contributed by atoms with Crippen molar-refractivity contribution in [2.45, 2.75) is 19.9 Å². The molecule has 0 amide bonds. The minimum atomic E-state index is -0.339. The molecule has 1 heterocycles. The predicted molar refractivity (Wildman–Crippen MR) is 89.3 cm³/mol. The van der Waals surface area contributed by atoms with Gasteiger partial charge in [-0.2, -0.15) is 0 Å². The summed E-state index contributed by atoms with van der Waals surface area (Å²) in [6, 6.07) is 10.7. The first-order chi connectivity index (χ1) is 11.1. The molecule has 0 aliphatic heterocycles. The summed E-state index contributed by atoms with van der Waals surface area (Å²) >= 11 is 0. The van der Waals surface area contributed by atoms with Gasteiger partial charge < -0.3 is 10.1 Å². The second-order valence-corrected chi connectivity index (χ2v) is 5.47. The first-order valence-corrected chi connectivity index (χ1v) is 7.40. The molecule has 5 heteroatoms. The van der Waals surface area contributed by atoms with Crippen LogP contribution in [-0.2, 0) is 0 Å². The molecule has 0 saturated heterocycles. The maximum Gasteiger partial charge on any atom is 0.140 e. The quantitative estimate of drug-likeness (QED) is 0.782. The third kappa shape index (κ3) is 2.95. The van der Waals surface area contributed by atoms with Crippen LogP contribution in [0, 0.1) is 12.7 Å². The van der Waals surface area contributed by atoms with Gasteiger partial charge in [0, 0.05) is 5.56 Å². The Balaban J connectivity index is 2.01. The van der Waals surface area contributed by atoms with E-state index in [0.717, 1.165) is 16.9 Å². The molecular formula is C18H18FN3O. The number of methoxy groups -OCH3 is 1. The van der Waals surface area contributed by atoms with Gasteiger partial charge in [0.05, 0.1) is 24.1 Å². The van der Waals surface area contributed by atoms with E-state index in [2.05, 4.69) is 21.4 Å². The third-order valence-corrected chi connectivity index (χ3v) is 3.82. The molecule has 1 atom stereocenters. The van der Waals surface area contributed by atoms with Crippen molar-refractivity contribution in [2.75, 3.05) is 12.4 Å². The molecule has 4 nitrogen and oxygen atoms in total. The summed E-state index contributed by atoms with van der Waals surface area (Å²) in [5.41, 5.74) is 2.70. The van der Waals surface area contributed by atoms with Crippen molar-refractivity contribution in [3.8, 4) is 5.75 Å². The highest BCUT2D eigenvalue weighted by molar-refractivity contribution is 5.89. The van der Waals surface area contributed by atoms with Crippen molar-refractivity contribution in [3.63, 3.8) is 0 Å². The van der Waals surface area contributed by atoms with E-state index in [1.807, 2.05) is 26.0 Å². The maximum atomic E-state index is 14.2. The molecule has 0 saturated carbocycles. The van der Waals surface area contributed by atoms with Crippen molar-refractivity contribution in [1.82, 2.24) is 9.97 Å². The summed E-state index contributed by atoms with van der Waals surface area (Å²) in [6.45, 7) is 4.02. The van der Waals surface area contributed by atoms with Crippen molar-refractivity contribution in [1.29, 1.82) is 0 Å². The van der Waals surface area contributed by atoms with Crippen molar-refractivity contribution < 1.29 is 9.13 Å². The largest absolute Gasteiger partial charge is 0.496 e. The van der Waals surface area contributed by atoms with E-state index in [-0.39, 0.29) is 11.9 Å². The normalized spacial score (nSPS) is 12.2. The lowest BCUT2D eigenvalue weighted by molar-refractivity contribution is 0.408. The van der Waals surface area contributed by atoms with Gasteiger partial charge in [-0.3, -0.25) is 0 Å². The van der Waals surface area contributed by atoms with Crippen LogP contribution >= 0.6 is 0 Å². The zero-order valence-corrected chi connectivity index (χ0v) is 13.3. The molecule has 118 valence electrons. The minimum absolute atomic E-state index is 0.0949. The highest BCUT2D eigenvalue weighted by Crippen LogP contribution is 2.30. The first-order valence-electron chi connectivity index (χ1n) is 7.40. The molecule has 2 aromatic carbocycles. The Bertz CT molecular complexity index is 846. The van der Waals surface area contributed by atoms with Gasteiger partial charge in [-0.1, -0.05) is 23.8 Å². The molecule has 0 aliphatic carbocycles. The predicted octanol–water partition coefficient (Wildman–Crippen LogP) is 4.26. The van der Waals surface area contributed by atoms with Gasteiger partial charge in [-0.15, -0.1) is 0 Å². The number of fused-ring (bicyclic) bond motifs is 1. The van der Waals surface area contributed by atoms with Gasteiger partial charge in [-0.05, 0) is 32.0 Å². The lowest BCUT2D eigenvalue weighted by Crippen LogP contribution is -2.10. The fourth-order valence-electron chi connectivity index (χ4n) is 2.65. The highest BCUT2D eigenvalue weighted by atomic mass is 19.1. The number of nitrogens with one attached hydrogen (secondary N) is 1. The van der Waals surface area contributed by atoms with Crippen LogP contribution in [0.1, 0.15) is 24.1 Å². The molecule has 1 aromatic heterocycles. The van der Waals surface area contributed by atoms with Gasteiger partial charge >= 0.3 is 0 Å². The van der Waals surface area contributed by atoms with E-state index in [4.69, 9.17) is 4.74 Å². The van der Waals surface area contributed by atoms with Crippen molar-refractivity contribution >= 4 is 16.7 Å². The van der Waals surface area contributed by atoms with Crippen LogP contribution in [0.2, 0.25) is 0 Å². The number of hydrogen-bond donors (Lipinski definition) is 1. The van der Waals surface area contributed by atoms with Gasteiger partial charge in [0.1, 0.15) is 23.7 Å². The Morgan fingerprint density at radius 3 is 2.78 bits per heavy atom. The molecule has 0 radical (unpaired) electrons. The van der Waals surface area contributed by atoms with Crippen LogP contribution in [0.25, 0.3) is 10.9 Å². The second kappa shape index (κ2) is 6.20. The number of rotatable bonds is 4. The second-order valence-electron chi connectivity index (χ2n) is 5.47. The van der Waals surface area contributed by atoms with Crippen molar-refractivity contribution in [3.05, 3.63) is 59.7 Å². The lowest BCUT2D eigenvalue weighted by atomic mass is 10.0. The monoisotopic (exact) mass is 311 g/mol. The number of anilines is 1. The molecular weight excluding hydrogens is 293 g/mol. The molecule has 0 aliphatic rings. The van der Waals surface area contributed by atoms with Crippen LogP contribution in [0.5, 0.6) is 5.75 Å². The van der Waals surface area contributed by atoms with Crippen LogP contribution in [0.3, 0.4) is 0 Å². The van der Waals surface area contributed by atoms with Crippen LogP contribution < -0.4 is 10.1 Å². The van der Waals surface area contributed by atoms with Crippen LogP contribution in [0.15, 0.2) is 42.7 Å². The fraction of sp³-hybridized carbons (Fsp3) is 0.222. The average molecular weight is 311 g/mol. The van der Waals surface area contributed by atoms with E-state index in [1.165, 1.54) is 12.4 Å². The SMILES string of the molecule is COc1ccc(C)cc1C(C)Nc1ncnc2cccc(F)c12. The Hall–Kier alpha value is -2.69. The van der Waals surface area contributed by atoms with Gasteiger partial charge in [0.15, 0.2) is 0 Å². The van der Waals surface area contributed by atoms with E-state index in [1.54, 1.807) is 19.2 Å². The van der Waals surface area contributed by atoms with Crippen LogP contribution in [0.4, 0.5) is 10.2 Å². The summed E-state index contributed by atoms with van der Waals surface area (Å²) in [4.78, 5) is 8.32. The number of benzene rings is 2.